The predicted molar refractivity (Wildman–Crippen MR) is 53.3 cm³/mol. The molecule has 0 N–H and O–H groups in total. The van der Waals surface area contributed by atoms with Gasteiger partial charge in [0.1, 0.15) is 0 Å². The third-order valence-corrected chi connectivity index (χ3v) is 2.97. The lowest BCUT2D eigenvalue weighted by molar-refractivity contribution is -0.342. The van der Waals surface area contributed by atoms with Crippen LogP contribution in [0.1, 0.15) is 4.88 Å². The van der Waals surface area contributed by atoms with E-state index in [0.717, 1.165) is 6.07 Å². The lowest BCUT2D eigenvalue weighted by Gasteiger charge is -2.26. The van der Waals surface area contributed by atoms with Gasteiger partial charge in [0, 0.05) is 4.88 Å². The Kier molecular flexibility index (Phi) is 4.18. The molecule has 0 bridgehead atoms. The highest BCUT2D eigenvalue weighted by molar-refractivity contribution is 7.11. The summed E-state index contributed by atoms with van der Waals surface area (Å²) < 4.78 is 86.3. The van der Waals surface area contributed by atoms with Crippen molar-refractivity contribution in [3.05, 3.63) is 28.5 Å². The Morgan fingerprint density at radius 2 is 1.70 bits per heavy atom. The van der Waals surface area contributed by atoms with E-state index < -0.39 is 35.6 Å². The van der Waals surface area contributed by atoms with Crippen molar-refractivity contribution in [1.29, 1.82) is 0 Å². The highest BCUT2D eigenvalue weighted by Crippen LogP contribution is 2.47. The summed E-state index contributed by atoms with van der Waals surface area (Å²) in [6.07, 6.45) is -7.09. The first-order valence-electron chi connectivity index (χ1n) is 4.70. The number of rotatable bonds is 4. The van der Waals surface area contributed by atoms with Gasteiger partial charge in [0.05, 0.1) is 0 Å². The summed E-state index contributed by atoms with van der Waals surface area (Å²) in [6.45, 7) is 0. The molecule has 0 unspecified atom stereocenters. The summed E-state index contributed by atoms with van der Waals surface area (Å²) in [5.41, 5.74) is 0. The second-order valence-electron chi connectivity index (χ2n) is 3.50. The fraction of sp³-hybridized carbons (Fsp3) is 0.300. The molecule has 0 aromatic carbocycles. The van der Waals surface area contributed by atoms with Crippen LogP contribution >= 0.6 is 11.3 Å². The number of hydrogen-bond donors (Lipinski definition) is 0. The van der Waals surface area contributed by atoms with Gasteiger partial charge in [0.25, 0.3) is 0 Å². The molecule has 0 atom stereocenters. The second-order valence-corrected chi connectivity index (χ2v) is 4.44. The number of thiophene rings is 1. The van der Waals surface area contributed by atoms with E-state index in [2.05, 4.69) is 0 Å². The third kappa shape index (κ3) is 2.79. The fourth-order valence-corrected chi connectivity index (χ4v) is 1.67. The Labute approximate surface area is 111 Å². The lowest BCUT2D eigenvalue weighted by Crippen LogP contribution is -2.55. The summed E-state index contributed by atoms with van der Waals surface area (Å²) in [4.78, 5) is 10.6. The van der Waals surface area contributed by atoms with Crippen molar-refractivity contribution in [2.75, 3.05) is 0 Å². The minimum atomic E-state index is -6.62. The van der Waals surface area contributed by atoms with Gasteiger partial charge in [-0.15, -0.1) is 11.3 Å². The molecule has 0 aliphatic heterocycles. The largest absolute Gasteiger partial charge is 0.871 e. The molecule has 0 radical (unpaired) electrons. The molecule has 0 fully saturated rings. The number of carbonyl (C=O) groups is 1. The molecule has 0 aliphatic carbocycles. The van der Waals surface area contributed by atoms with Gasteiger partial charge in [0.2, 0.25) is 5.78 Å². The van der Waals surface area contributed by atoms with E-state index in [0.29, 0.717) is 11.3 Å². The van der Waals surface area contributed by atoms with E-state index in [9.17, 15) is 40.6 Å². The third-order valence-electron chi connectivity index (χ3n) is 2.09. The lowest BCUT2D eigenvalue weighted by atomic mass is 10.1. The predicted octanol–water partition coefficient (Wildman–Crippen LogP) is 2.85. The van der Waals surface area contributed by atoms with Crippen LogP contribution < -0.4 is 5.11 Å². The van der Waals surface area contributed by atoms with Crippen molar-refractivity contribution in [3.8, 4) is 0 Å². The Balaban J connectivity index is 3.11. The van der Waals surface area contributed by atoms with E-state index in [-0.39, 0.29) is 4.88 Å². The van der Waals surface area contributed by atoms with Gasteiger partial charge in [-0.25, -0.2) is 0 Å². The maximum absolute atomic E-state index is 12.9. The highest BCUT2D eigenvalue weighted by atomic mass is 32.1. The Morgan fingerprint density at radius 3 is 2.10 bits per heavy atom. The molecule has 0 saturated carbocycles. The van der Waals surface area contributed by atoms with Crippen LogP contribution in [-0.2, 0) is 4.79 Å². The van der Waals surface area contributed by atoms with Gasteiger partial charge in [0.15, 0.2) is 0 Å². The van der Waals surface area contributed by atoms with E-state index in [1.54, 1.807) is 0 Å². The summed E-state index contributed by atoms with van der Waals surface area (Å²) in [5.74, 6) is -16.9. The topological polar surface area (TPSA) is 40.1 Å². The zero-order valence-electron chi connectivity index (χ0n) is 9.18. The van der Waals surface area contributed by atoms with Crippen LogP contribution in [0.15, 0.2) is 23.6 Å². The van der Waals surface area contributed by atoms with E-state index in [1.807, 2.05) is 0 Å². The SMILES string of the molecule is O=C(C=C([O-])c1cccs1)C(F)(F)C(F)(F)C(F)(F)F. The first kappa shape index (κ1) is 16.5. The molecule has 1 rings (SSSR count). The number of carbonyl (C=O) groups excluding carboxylic acids is 1. The Bertz CT molecular complexity index is 516. The van der Waals surface area contributed by atoms with Gasteiger partial charge < -0.3 is 5.11 Å². The van der Waals surface area contributed by atoms with Crippen LogP contribution in [0.25, 0.3) is 5.76 Å². The van der Waals surface area contributed by atoms with Crippen LogP contribution in [-0.4, -0.2) is 23.8 Å². The van der Waals surface area contributed by atoms with Crippen LogP contribution in [0.2, 0.25) is 0 Å². The maximum Gasteiger partial charge on any atom is 0.460 e. The molecular formula is C10H4F7O2S-. The first-order chi connectivity index (χ1) is 8.91. The van der Waals surface area contributed by atoms with Gasteiger partial charge in [-0.3, -0.25) is 4.79 Å². The number of allylic oxidation sites excluding steroid dienone is 1. The zero-order chi connectivity index (χ0) is 15.8. The molecule has 0 saturated heterocycles. The zero-order valence-corrected chi connectivity index (χ0v) is 10.00. The number of ketones is 1. The molecule has 112 valence electrons. The molecule has 0 amide bonds. The normalized spacial score (nSPS) is 14.4. The maximum atomic E-state index is 12.9. The molecule has 1 heterocycles. The van der Waals surface area contributed by atoms with Crippen molar-refractivity contribution in [2.24, 2.45) is 0 Å². The average Bonchev–Trinajstić information content (AvgIpc) is 2.80. The molecule has 1 aromatic heterocycles. The Hall–Kier alpha value is -1.58. The molecule has 10 heteroatoms. The van der Waals surface area contributed by atoms with Crippen molar-refractivity contribution in [3.63, 3.8) is 0 Å². The number of halogens is 7. The summed E-state index contributed by atoms with van der Waals surface area (Å²) in [7, 11) is 0. The first-order valence-corrected chi connectivity index (χ1v) is 5.58. The van der Waals surface area contributed by atoms with Gasteiger partial charge in [-0.2, -0.15) is 30.7 Å². The quantitative estimate of drug-likeness (QED) is 0.486. The fourth-order valence-electron chi connectivity index (χ4n) is 1.03. The van der Waals surface area contributed by atoms with E-state index in [1.165, 1.54) is 11.4 Å². The average molecular weight is 321 g/mol. The van der Waals surface area contributed by atoms with Gasteiger partial charge in [-0.1, -0.05) is 11.8 Å². The monoisotopic (exact) mass is 321 g/mol. The van der Waals surface area contributed by atoms with Crippen molar-refractivity contribution in [2.45, 2.75) is 18.0 Å². The highest BCUT2D eigenvalue weighted by Gasteiger charge is 2.75. The van der Waals surface area contributed by atoms with Gasteiger partial charge >= 0.3 is 18.0 Å². The van der Waals surface area contributed by atoms with Crippen molar-refractivity contribution >= 4 is 22.9 Å². The van der Waals surface area contributed by atoms with Crippen molar-refractivity contribution in [1.82, 2.24) is 0 Å². The number of alkyl halides is 7. The van der Waals surface area contributed by atoms with E-state index >= 15 is 0 Å². The Morgan fingerprint density at radius 1 is 1.15 bits per heavy atom. The molecule has 0 spiro atoms. The summed E-state index contributed by atoms with van der Waals surface area (Å²) in [6, 6.07) is 2.40. The molecular weight excluding hydrogens is 317 g/mol. The summed E-state index contributed by atoms with van der Waals surface area (Å²) in [5, 5.41) is 12.5. The number of hydrogen-bond acceptors (Lipinski definition) is 3. The van der Waals surface area contributed by atoms with Crippen LogP contribution in [0.4, 0.5) is 30.7 Å². The second kappa shape index (κ2) is 5.08. The minimum absolute atomic E-state index is 0.246. The summed E-state index contributed by atoms with van der Waals surface area (Å²) >= 11 is 0.709. The standard InChI is InChI=1S/C10H5F7O2S/c11-8(12,9(13,14)10(15,16)17)7(19)4-5(18)6-2-1-3-20-6/h1-4,18H/p-1. The van der Waals surface area contributed by atoms with Crippen LogP contribution in [0.3, 0.4) is 0 Å². The van der Waals surface area contributed by atoms with Crippen LogP contribution in [0.5, 0.6) is 0 Å². The van der Waals surface area contributed by atoms with Crippen molar-refractivity contribution < 1.29 is 40.6 Å². The molecule has 2 nitrogen and oxygen atoms in total. The smallest absolute Gasteiger partial charge is 0.460 e. The van der Waals surface area contributed by atoms with Gasteiger partial charge in [-0.05, 0) is 17.5 Å². The molecule has 1 aromatic rings. The molecule has 20 heavy (non-hydrogen) atoms. The van der Waals surface area contributed by atoms with Crippen LogP contribution in [0, 0.1) is 0 Å². The van der Waals surface area contributed by atoms with E-state index in [4.69, 9.17) is 0 Å². The molecule has 0 aliphatic rings. The minimum Gasteiger partial charge on any atom is -0.871 e.